The predicted octanol–water partition coefficient (Wildman–Crippen LogP) is 2.62. The molecule has 1 heterocycles. The van der Waals surface area contributed by atoms with Crippen molar-refractivity contribution in [1.29, 1.82) is 0 Å². The van der Waals surface area contributed by atoms with E-state index in [4.69, 9.17) is 11.6 Å². The summed E-state index contributed by atoms with van der Waals surface area (Å²) in [7, 11) is -5.57. The smallest absolute Gasteiger partial charge is 0.250 e. The Morgan fingerprint density at radius 1 is 1.47 bits per heavy atom. The molecule has 1 aromatic heterocycles. The van der Waals surface area contributed by atoms with E-state index < -0.39 is 22.2 Å². The highest BCUT2D eigenvalue weighted by Gasteiger charge is 2.47. The average Bonchev–Trinajstić information content (AvgIpc) is 2.57. The second-order valence-electron chi connectivity index (χ2n) is 2.60. The van der Waals surface area contributed by atoms with Crippen molar-refractivity contribution in [2.75, 3.05) is 6.61 Å². The van der Waals surface area contributed by atoms with Gasteiger partial charge in [-0.1, -0.05) is 23.4 Å². The van der Waals surface area contributed by atoms with Crippen molar-refractivity contribution < 1.29 is 25.8 Å². The minimum Gasteiger partial charge on any atom is -0.250 e. The van der Waals surface area contributed by atoms with Crippen molar-refractivity contribution in [2.24, 2.45) is 0 Å². The molecule has 0 unspecified atom stereocenters. The molecule has 0 saturated carbocycles. The molecule has 0 fully saturated rings. The van der Waals surface area contributed by atoms with Gasteiger partial charge in [0.2, 0.25) is 0 Å². The van der Waals surface area contributed by atoms with Crippen LogP contribution < -0.4 is 0 Å². The van der Waals surface area contributed by atoms with Gasteiger partial charge in [-0.2, -0.15) is 21.6 Å². The van der Waals surface area contributed by atoms with Crippen molar-refractivity contribution in [1.82, 2.24) is 0 Å². The molecule has 1 rings (SSSR count). The number of halogens is 4. The lowest BCUT2D eigenvalue weighted by atomic mass is 10.3. The third-order valence-corrected chi connectivity index (χ3v) is 3.46. The lowest BCUT2D eigenvalue weighted by molar-refractivity contribution is -0.0534. The Hall–Kier alpha value is -0.750. The van der Waals surface area contributed by atoms with Gasteiger partial charge < -0.3 is 0 Å². The van der Waals surface area contributed by atoms with Crippen LogP contribution in [0, 0.1) is 11.8 Å². The molecule has 94 valence electrons. The van der Waals surface area contributed by atoms with Crippen LogP contribution in [0.25, 0.3) is 0 Å². The van der Waals surface area contributed by atoms with E-state index in [1.165, 1.54) is 17.4 Å². The first kappa shape index (κ1) is 14.3. The number of hydrogen-bond acceptors (Lipinski definition) is 4. The highest BCUT2D eigenvalue weighted by Crippen LogP contribution is 2.24. The number of alkyl halides is 3. The Balaban J connectivity index is 2.58. The van der Waals surface area contributed by atoms with E-state index in [9.17, 15) is 21.6 Å². The monoisotopic (exact) mass is 304 g/mol. The first-order valence-electron chi connectivity index (χ1n) is 3.91. The molecule has 0 aliphatic heterocycles. The summed E-state index contributed by atoms with van der Waals surface area (Å²) in [4.78, 5) is 0. The highest BCUT2D eigenvalue weighted by atomic mass is 35.5. The van der Waals surface area contributed by atoms with Gasteiger partial charge in [-0.15, -0.1) is 11.3 Å². The maximum absolute atomic E-state index is 11.8. The SMILES string of the molecule is O=S(=O)(OCC#Cc1csc(Cl)c1)C(F)(F)F. The molecule has 0 N–H and O–H groups in total. The van der Waals surface area contributed by atoms with Gasteiger partial charge in [0.25, 0.3) is 0 Å². The molecule has 9 heteroatoms. The normalized spacial score (nSPS) is 12.0. The molecule has 1 aromatic rings. The average molecular weight is 305 g/mol. The minimum absolute atomic E-state index is 0.470. The topological polar surface area (TPSA) is 43.4 Å². The van der Waals surface area contributed by atoms with Crippen LogP contribution in [0.5, 0.6) is 0 Å². The molecule has 0 bridgehead atoms. The van der Waals surface area contributed by atoms with Crippen molar-refractivity contribution in [3.8, 4) is 11.8 Å². The Labute approximate surface area is 104 Å². The zero-order valence-corrected chi connectivity index (χ0v) is 10.3. The second kappa shape index (κ2) is 5.27. The van der Waals surface area contributed by atoms with Crippen LogP contribution in [0.1, 0.15) is 5.56 Å². The largest absolute Gasteiger partial charge is 0.523 e. The van der Waals surface area contributed by atoms with Crippen LogP contribution in [0.3, 0.4) is 0 Å². The third-order valence-electron chi connectivity index (χ3n) is 1.37. The molecule has 0 radical (unpaired) electrons. The van der Waals surface area contributed by atoms with Gasteiger partial charge >= 0.3 is 15.6 Å². The first-order chi connectivity index (χ1) is 7.72. The van der Waals surface area contributed by atoms with Gasteiger partial charge in [-0.25, -0.2) is 0 Å². The molecule has 17 heavy (non-hydrogen) atoms. The molecule has 0 atom stereocenters. The zero-order chi connectivity index (χ0) is 13.1. The number of thiophene rings is 1. The van der Waals surface area contributed by atoms with Gasteiger partial charge in [0.1, 0.15) is 6.61 Å². The molecule has 0 amide bonds. The van der Waals surface area contributed by atoms with Gasteiger partial charge in [0, 0.05) is 10.9 Å². The Morgan fingerprint density at radius 3 is 2.59 bits per heavy atom. The van der Waals surface area contributed by atoms with Gasteiger partial charge in [-0.3, -0.25) is 4.18 Å². The highest BCUT2D eigenvalue weighted by molar-refractivity contribution is 7.87. The quantitative estimate of drug-likeness (QED) is 0.479. The zero-order valence-electron chi connectivity index (χ0n) is 7.91. The summed E-state index contributed by atoms with van der Waals surface area (Å²) in [5, 5.41) is 1.58. The van der Waals surface area contributed by atoms with Crippen molar-refractivity contribution in [2.45, 2.75) is 5.51 Å². The summed E-state index contributed by atoms with van der Waals surface area (Å²) in [5.41, 5.74) is -4.95. The van der Waals surface area contributed by atoms with Gasteiger partial charge in [0.15, 0.2) is 0 Å². The fourth-order valence-corrected chi connectivity index (χ4v) is 1.85. The fraction of sp³-hybridized carbons (Fsp3) is 0.250. The van der Waals surface area contributed by atoms with E-state index in [1.54, 1.807) is 5.38 Å². The van der Waals surface area contributed by atoms with E-state index >= 15 is 0 Å². The maximum Gasteiger partial charge on any atom is 0.523 e. The fourth-order valence-electron chi connectivity index (χ4n) is 0.688. The van der Waals surface area contributed by atoms with Crippen LogP contribution in [0.4, 0.5) is 13.2 Å². The number of hydrogen-bond donors (Lipinski definition) is 0. The Bertz CT molecular complexity index is 551. The van der Waals surface area contributed by atoms with Crippen LogP contribution in [-0.4, -0.2) is 20.5 Å². The molecule has 0 aliphatic carbocycles. The standard InChI is InChI=1S/C8H4ClF3O3S2/c9-7-4-6(5-16-7)2-1-3-15-17(13,14)8(10,11)12/h4-5H,3H2. The predicted molar refractivity (Wildman–Crippen MR) is 57.1 cm³/mol. The molecule has 3 nitrogen and oxygen atoms in total. The van der Waals surface area contributed by atoms with Crippen LogP contribution in [0.15, 0.2) is 11.4 Å². The summed E-state index contributed by atoms with van der Waals surface area (Å²) in [6.07, 6.45) is 0. The van der Waals surface area contributed by atoms with Gasteiger partial charge in [0.05, 0.1) is 4.34 Å². The molecule has 0 saturated heterocycles. The summed E-state index contributed by atoms with van der Waals surface area (Å²) in [5.74, 6) is 4.55. The maximum atomic E-state index is 11.8. The van der Waals surface area contributed by atoms with E-state index in [2.05, 4.69) is 16.0 Å². The van der Waals surface area contributed by atoms with Crippen molar-refractivity contribution in [3.05, 3.63) is 21.3 Å². The van der Waals surface area contributed by atoms with Gasteiger partial charge in [-0.05, 0) is 6.07 Å². The third kappa shape index (κ3) is 4.20. The summed E-state index contributed by atoms with van der Waals surface area (Å²) in [6, 6.07) is 1.50. The number of rotatable bonds is 2. The lowest BCUT2D eigenvalue weighted by Gasteiger charge is -2.04. The Morgan fingerprint density at radius 2 is 2.12 bits per heavy atom. The van der Waals surface area contributed by atoms with Crippen LogP contribution in [0.2, 0.25) is 4.34 Å². The van der Waals surface area contributed by atoms with E-state index in [-0.39, 0.29) is 0 Å². The van der Waals surface area contributed by atoms with Crippen molar-refractivity contribution in [3.63, 3.8) is 0 Å². The summed E-state index contributed by atoms with van der Waals surface area (Å²) < 4.78 is 60.4. The second-order valence-corrected chi connectivity index (χ2v) is 5.75. The first-order valence-corrected chi connectivity index (χ1v) is 6.57. The van der Waals surface area contributed by atoms with Crippen LogP contribution in [-0.2, 0) is 14.3 Å². The lowest BCUT2D eigenvalue weighted by Crippen LogP contribution is -2.25. The molecule has 0 spiro atoms. The van der Waals surface area contributed by atoms with Crippen LogP contribution >= 0.6 is 22.9 Å². The van der Waals surface area contributed by atoms with E-state index in [1.807, 2.05) is 0 Å². The summed E-state index contributed by atoms with van der Waals surface area (Å²) in [6.45, 7) is -0.866. The molecule has 0 aromatic carbocycles. The molecular formula is C8H4ClF3O3S2. The summed E-state index contributed by atoms with van der Waals surface area (Å²) >= 11 is 6.78. The van der Waals surface area contributed by atoms with E-state index in [0.717, 1.165) is 0 Å². The Kier molecular flexibility index (Phi) is 4.43. The minimum atomic E-state index is -5.57. The van der Waals surface area contributed by atoms with E-state index in [0.29, 0.717) is 9.90 Å². The molecule has 0 aliphatic rings. The molecular weight excluding hydrogens is 301 g/mol. The van der Waals surface area contributed by atoms with Crippen molar-refractivity contribution >= 4 is 33.1 Å².